The Morgan fingerprint density at radius 2 is 2.04 bits per heavy atom. The van der Waals surface area contributed by atoms with Crippen LogP contribution in [-0.2, 0) is 16.1 Å². The van der Waals surface area contributed by atoms with Gasteiger partial charge >= 0.3 is 0 Å². The number of amides is 2. The number of nitrogens with zero attached hydrogens (tertiary/aromatic N) is 4. The van der Waals surface area contributed by atoms with Crippen LogP contribution in [0.25, 0.3) is 0 Å². The summed E-state index contributed by atoms with van der Waals surface area (Å²) in [5, 5.41) is 10.6. The van der Waals surface area contributed by atoms with Crippen molar-refractivity contribution in [2.24, 2.45) is 0 Å². The lowest BCUT2D eigenvalue weighted by Crippen LogP contribution is -2.46. The van der Waals surface area contributed by atoms with Gasteiger partial charge in [0.05, 0.1) is 23.4 Å². The first-order valence-corrected chi connectivity index (χ1v) is 7.61. The summed E-state index contributed by atoms with van der Waals surface area (Å²) in [6.07, 6.45) is 2.20. The molecule has 2 rings (SSSR count). The van der Waals surface area contributed by atoms with Crippen molar-refractivity contribution >= 4 is 11.8 Å². The third kappa shape index (κ3) is 4.07. The fourth-order valence-corrected chi connectivity index (χ4v) is 2.78. The summed E-state index contributed by atoms with van der Waals surface area (Å²) in [6, 6.07) is -0.112. The highest BCUT2D eigenvalue weighted by molar-refractivity contribution is 5.92. The van der Waals surface area contributed by atoms with Crippen molar-refractivity contribution in [3.05, 3.63) is 11.9 Å². The predicted molar refractivity (Wildman–Crippen MR) is 83.8 cm³/mol. The lowest BCUT2D eigenvalue weighted by atomic mass is 9.94. The molecule has 0 spiro atoms. The lowest BCUT2D eigenvalue weighted by Gasteiger charge is -2.27. The van der Waals surface area contributed by atoms with Gasteiger partial charge in [-0.3, -0.25) is 9.59 Å². The normalized spacial score (nSPS) is 21.9. The molecule has 1 atom stereocenters. The quantitative estimate of drug-likeness (QED) is 0.868. The Balaban J connectivity index is 2.02. The van der Waals surface area contributed by atoms with Crippen molar-refractivity contribution in [1.82, 2.24) is 25.2 Å². The Kier molecular flexibility index (Phi) is 4.48. The van der Waals surface area contributed by atoms with Crippen molar-refractivity contribution in [3.8, 4) is 0 Å². The van der Waals surface area contributed by atoms with E-state index in [0.29, 0.717) is 0 Å². The van der Waals surface area contributed by atoms with Crippen molar-refractivity contribution in [2.45, 2.75) is 57.9 Å². The molecular weight excluding hydrogens is 298 g/mol. The molecule has 1 aliphatic heterocycles. The molecule has 0 saturated carbocycles. The zero-order chi connectivity index (χ0) is 17.4. The Morgan fingerprint density at radius 1 is 1.39 bits per heavy atom. The van der Waals surface area contributed by atoms with Gasteiger partial charge in [0.15, 0.2) is 5.69 Å². The number of nitrogens with one attached hydrogen (secondary N) is 1. The Labute approximate surface area is 136 Å². The average molecular weight is 323 g/mol. The largest absolute Gasteiger partial charge is 0.367 e. The Morgan fingerprint density at radius 3 is 2.57 bits per heavy atom. The molecule has 8 nitrogen and oxygen atoms in total. The van der Waals surface area contributed by atoms with E-state index in [1.54, 1.807) is 14.1 Å². The molecule has 1 unspecified atom stereocenters. The topological polar surface area (TPSA) is 89.4 Å². The van der Waals surface area contributed by atoms with Gasteiger partial charge in [-0.15, -0.1) is 5.10 Å². The SMILES string of the molecule is CN(C)C(=O)Cn1cc(C(=O)NC2CC(C)(C)OC2(C)C)nn1. The first kappa shape index (κ1) is 17.4. The van der Waals surface area contributed by atoms with Crippen molar-refractivity contribution in [1.29, 1.82) is 0 Å². The first-order valence-electron chi connectivity index (χ1n) is 7.61. The summed E-state index contributed by atoms with van der Waals surface area (Å²) in [5.41, 5.74) is -0.537. The molecule has 0 aromatic carbocycles. The van der Waals surface area contributed by atoms with Crippen LogP contribution >= 0.6 is 0 Å². The zero-order valence-electron chi connectivity index (χ0n) is 14.6. The van der Waals surface area contributed by atoms with Gasteiger partial charge in [0, 0.05) is 14.1 Å². The molecule has 128 valence electrons. The molecule has 1 fully saturated rings. The maximum absolute atomic E-state index is 12.4. The highest BCUT2D eigenvalue weighted by Crippen LogP contribution is 2.37. The van der Waals surface area contributed by atoms with Crippen LogP contribution in [0.1, 0.15) is 44.6 Å². The van der Waals surface area contributed by atoms with Crippen molar-refractivity contribution in [3.63, 3.8) is 0 Å². The molecule has 1 aliphatic rings. The smallest absolute Gasteiger partial charge is 0.273 e. The first-order chi connectivity index (χ1) is 10.5. The molecule has 1 aromatic heterocycles. The fourth-order valence-electron chi connectivity index (χ4n) is 2.78. The minimum absolute atomic E-state index is 0.0539. The third-order valence-corrected chi connectivity index (χ3v) is 3.95. The standard InChI is InChI=1S/C15H25N5O3/c1-14(2)7-11(15(3,4)23-14)16-13(22)10-8-20(18-17-10)9-12(21)19(5)6/h8,11H,7,9H2,1-6H3,(H,16,22). The Bertz CT molecular complexity index is 606. The second-order valence-corrected chi connectivity index (χ2v) is 7.28. The van der Waals surface area contributed by atoms with Crippen LogP contribution in [0.5, 0.6) is 0 Å². The maximum atomic E-state index is 12.4. The van der Waals surface area contributed by atoms with E-state index in [0.717, 1.165) is 6.42 Å². The molecule has 8 heteroatoms. The van der Waals surface area contributed by atoms with Crippen molar-refractivity contribution < 1.29 is 14.3 Å². The van der Waals surface area contributed by atoms with Crippen LogP contribution in [0.4, 0.5) is 0 Å². The van der Waals surface area contributed by atoms with Gasteiger partial charge in [0.1, 0.15) is 6.54 Å². The predicted octanol–water partition coefficient (Wildman–Crippen LogP) is 0.442. The molecule has 2 heterocycles. The van der Waals surface area contributed by atoms with E-state index in [2.05, 4.69) is 15.6 Å². The van der Waals surface area contributed by atoms with Crippen molar-refractivity contribution in [2.75, 3.05) is 14.1 Å². The minimum atomic E-state index is -0.448. The van der Waals surface area contributed by atoms with Gasteiger partial charge in [0.2, 0.25) is 5.91 Å². The van der Waals surface area contributed by atoms with E-state index in [-0.39, 0.29) is 35.7 Å². The minimum Gasteiger partial charge on any atom is -0.367 e. The van der Waals surface area contributed by atoms with Gasteiger partial charge in [-0.1, -0.05) is 5.21 Å². The van der Waals surface area contributed by atoms with Crippen LogP contribution in [0, 0.1) is 0 Å². The molecular formula is C15H25N5O3. The lowest BCUT2D eigenvalue weighted by molar-refractivity contribution is -0.129. The highest BCUT2D eigenvalue weighted by atomic mass is 16.5. The van der Waals surface area contributed by atoms with Crippen LogP contribution in [0.3, 0.4) is 0 Å². The number of aromatic nitrogens is 3. The summed E-state index contributed by atoms with van der Waals surface area (Å²) < 4.78 is 7.32. The number of rotatable bonds is 4. The average Bonchev–Trinajstić information content (AvgIpc) is 2.91. The molecule has 23 heavy (non-hydrogen) atoms. The number of ether oxygens (including phenoxy) is 1. The molecule has 1 saturated heterocycles. The number of carbonyl (C=O) groups is 2. The maximum Gasteiger partial charge on any atom is 0.273 e. The second-order valence-electron chi connectivity index (χ2n) is 7.28. The molecule has 2 amide bonds. The number of carbonyl (C=O) groups excluding carboxylic acids is 2. The molecule has 0 radical (unpaired) electrons. The summed E-state index contributed by atoms with van der Waals surface area (Å²) in [7, 11) is 3.33. The van der Waals surface area contributed by atoms with Gasteiger partial charge < -0.3 is 15.0 Å². The van der Waals surface area contributed by atoms with Gasteiger partial charge in [-0.25, -0.2) is 4.68 Å². The van der Waals surface area contributed by atoms with E-state index >= 15 is 0 Å². The Hall–Kier alpha value is -1.96. The third-order valence-electron chi connectivity index (χ3n) is 3.95. The zero-order valence-corrected chi connectivity index (χ0v) is 14.6. The number of hydrogen-bond donors (Lipinski definition) is 1. The van der Waals surface area contributed by atoms with Gasteiger partial charge in [-0.2, -0.15) is 0 Å². The molecule has 0 aliphatic carbocycles. The van der Waals surface area contributed by atoms with E-state index in [1.165, 1.54) is 15.8 Å². The number of likely N-dealkylation sites (N-methyl/N-ethyl adjacent to an activating group) is 1. The monoisotopic (exact) mass is 323 g/mol. The van der Waals surface area contributed by atoms with E-state index in [4.69, 9.17) is 4.74 Å². The van der Waals surface area contributed by atoms with Crippen LogP contribution in [0.2, 0.25) is 0 Å². The molecule has 0 bridgehead atoms. The van der Waals surface area contributed by atoms with Gasteiger partial charge in [0.25, 0.3) is 5.91 Å². The van der Waals surface area contributed by atoms with Crippen LogP contribution in [-0.4, -0.2) is 63.0 Å². The molecule has 1 N–H and O–H groups in total. The summed E-state index contributed by atoms with van der Waals surface area (Å²) in [4.78, 5) is 25.5. The fraction of sp³-hybridized carbons (Fsp3) is 0.733. The highest BCUT2D eigenvalue weighted by Gasteiger charge is 2.46. The summed E-state index contributed by atoms with van der Waals surface area (Å²) >= 11 is 0. The number of hydrogen-bond acceptors (Lipinski definition) is 5. The van der Waals surface area contributed by atoms with Crippen LogP contribution in [0.15, 0.2) is 6.20 Å². The van der Waals surface area contributed by atoms with Gasteiger partial charge in [-0.05, 0) is 34.1 Å². The molecule has 1 aromatic rings. The van der Waals surface area contributed by atoms with Crippen LogP contribution < -0.4 is 5.32 Å². The van der Waals surface area contributed by atoms with E-state index < -0.39 is 5.60 Å². The second kappa shape index (κ2) is 5.92. The summed E-state index contributed by atoms with van der Waals surface area (Å²) in [5.74, 6) is -0.429. The summed E-state index contributed by atoms with van der Waals surface area (Å²) in [6.45, 7) is 7.98. The van der Waals surface area contributed by atoms with E-state index in [9.17, 15) is 9.59 Å². The van der Waals surface area contributed by atoms with E-state index in [1.807, 2.05) is 27.7 Å².